The molecular weight excluding hydrogens is 340 g/mol. The second kappa shape index (κ2) is 6.56. The quantitative estimate of drug-likeness (QED) is 0.809. The minimum atomic E-state index is -3.38. The van der Waals surface area contributed by atoms with Crippen molar-refractivity contribution in [2.45, 2.75) is 24.7 Å². The second-order valence-corrected chi connectivity index (χ2v) is 8.19. The lowest BCUT2D eigenvalue weighted by molar-refractivity contribution is 0.310. The molecule has 0 amide bonds. The van der Waals surface area contributed by atoms with E-state index in [0.29, 0.717) is 11.4 Å². The summed E-state index contributed by atoms with van der Waals surface area (Å²) in [5.74, 6) is 0. The number of nitrogens with zero attached hydrogens (tertiary/aromatic N) is 2. The molecule has 0 unspecified atom stereocenters. The number of halogens is 1. The lowest BCUT2D eigenvalue weighted by Gasteiger charge is -2.21. The number of rotatable bonds is 5. The average Bonchev–Trinajstić information content (AvgIpc) is 2.92. The van der Waals surface area contributed by atoms with Crippen molar-refractivity contribution in [3.63, 3.8) is 0 Å². The Morgan fingerprint density at radius 3 is 2.55 bits per heavy atom. The molecule has 0 bridgehead atoms. The molecule has 112 valence electrons. The van der Waals surface area contributed by atoms with Crippen molar-refractivity contribution in [2.24, 2.45) is 0 Å². The summed E-state index contributed by atoms with van der Waals surface area (Å²) >= 11 is 3.39. The van der Waals surface area contributed by atoms with Crippen molar-refractivity contribution < 1.29 is 8.42 Å². The zero-order valence-corrected chi connectivity index (χ0v) is 14.4. The SMILES string of the molecule is Cc1cc(S(=O)(=O)N(C)CCN2CCCC2)ccc1Br. The maximum Gasteiger partial charge on any atom is 0.242 e. The van der Waals surface area contributed by atoms with Gasteiger partial charge in [0.25, 0.3) is 0 Å². The van der Waals surface area contributed by atoms with Gasteiger partial charge in [-0.3, -0.25) is 0 Å². The summed E-state index contributed by atoms with van der Waals surface area (Å²) in [6.07, 6.45) is 2.45. The van der Waals surface area contributed by atoms with E-state index >= 15 is 0 Å². The van der Waals surface area contributed by atoms with Gasteiger partial charge in [-0.2, -0.15) is 4.31 Å². The first-order valence-corrected chi connectivity index (χ1v) is 9.09. The van der Waals surface area contributed by atoms with Gasteiger partial charge < -0.3 is 4.90 Å². The summed E-state index contributed by atoms with van der Waals surface area (Å²) in [5.41, 5.74) is 0.930. The van der Waals surface area contributed by atoms with Crippen LogP contribution in [-0.4, -0.2) is 50.8 Å². The highest BCUT2D eigenvalue weighted by molar-refractivity contribution is 9.10. The van der Waals surface area contributed by atoms with Crippen molar-refractivity contribution in [2.75, 3.05) is 33.2 Å². The van der Waals surface area contributed by atoms with Gasteiger partial charge in [0.1, 0.15) is 0 Å². The Labute approximate surface area is 129 Å². The first-order chi connectivity index (χ1) is 9.41. The van der Waals surface area contributed by atoms with Crippen LogP contribution < -0.4 is 0 Å². The molecule has 0 atom stereocenters. The van der Waals surface area contributed by atoms with E-state index in [2.05, 4.69) is 20.8 Å². The molecule has 1 aromatic carbocycles. The highest BCUT2D eigenvalue weighted by atomic mass is 79.9. The highest BCUT2D eigenvalue weighted by Crippen LogP contribution is 2.22. The van der Waals surface area contributed by atoms with E-state index < -0.39 is 10.0 Å². The van der Waals surface area contributed by atoms with Gasteiger partial charge in [-0.15, -0.1) is 0 Å². The van der Waals surface area contributed by atoms with Crippen LogP contribution in [0.25, 0.3) is 0 Å². The third-order valence-electron chi connectivity index (χ3n) is 3.77. The molecule has 20 heavy (non-hydrogen) atoms. The molecule has 1 aliphatic rings. The number of likely N-dealkylation sites (N-methyl/N-ethyl adjacent to an activating group) is 1. The van der Waals surface area contributed by atoms with E-state index in [1.807, 2.05) is 6.92 Å². The van der Waals surface area contributed by atoms with Crippen molar-refractivity contribution in [3.05, 3.63) is 28.2 Å². The van der Waals surface area contributed by atoms with E-state index in [4.69, 9.17) is 0 Å². The molecule has 4 nitrogen and oxygen atoms in total. The fourth-order valence-electron chi connectivity index (χ4n) is 2.37. The van der Waals surface area contributed by atoms with E-state index in [-0.39, 0.29) is 0 Å². The van der Waals surface area contributed by atoms with Gasteiger partial charge in [-0.1, -0.05) is 15.9 Å². The Hall–Kier alpha value is -0.430. The average molecular weight is 361 g/mol. The van der Waals surface area contributed by atoms with Gasteiger partial charge in [0.05, 0.1) is 4.90 Å². The molecule has 0 aliphatic carbocycles. The molecule has 1 fully saturated rings. The summed E-state index contributed by atoms with van der Waals surface area (Å²) in [6, 6.07) is 5.15. The van der Waals surface area contributed by atoms with Gasteiger partial charge in [0.2, 0.25) is 10.0 Å². The van der Waals surface area contributed by atoms with Crippen LogP contribution in [0.1, 0.15) is 18.4 Å². The van der Waals surface area contributed by atoms with Gasteiger partial charge >= 0.3 is 0 Å². The van der Waals surface area contributed by atoms with Crippen LogP contribution in [0.15, 0.2) is 27.6 Å². The van der Waals surface area contributed by atoms with Gasteiger partial charge in [0.15, 0.2) is 0 Å². The largest absolute Gasteiger partial charge is 0.302 e. The van der Waals surface area contributed by atoms with Gasteiger partial charge in [-0.05, 0) is 56.6 Å². The molecular formula is C14H21BrN2O2S. The molecule has 0 N–H and O–H groups in total. The Kier molecular flexibility index (Phi) is 5.23. The van der Waals surface area contributed by atoms with Crippen molar-refractivity contribution >= 4 is 26.0 Å². The maximum atomic E-state index is 12.5. The fraction of sp³-hybridized carbons (Fsp3) is 0.571. The van der Waals surface area contributed by atoms with Crippen molar-refractivity contribution in [1.29, 1.82) is 0 Å². The zero-order chi connectivity index (χ0) is 14.8. The van der Waals surface area contributed by atoms with Crippen LogP contribution in [0.4, 0.5) is 0 Å². The zero-order valence-electron chi connectivity index (χ0n) is 12.0. The Bertz CT molecular complexity index is 569. The van der Waals surface area contributed by atoms with Crippen LogP contribution in [0.3, 0.4) is 0 Å². The molecule has 1 aliphatic heterocycles. The summed E-state index contributed by atoms with van der Waals surface area (Å²) < 4.78 is 27.4. The number of benzene rings is 1. The van der Waals surface area contributed by atoms with Crippen LogP contribution in [0, 0.1) is 6.92 Å². The minimum Gasteiger partial charge on any atom is -0.302 e. The topological polar surface area (TPSA) is 40.6 Å². The highest BCUT2D eigenvalue weighted by Gasteiger charge is 2.22. The molecule has 1 heterocycles. The predicted octanol–water partition coefficient (Wildman–Crippen LogP) is 2.47. The van der Waals surface area contributed by atoms with Crippen LogP contribution in [-0.2, 0) is 10.0 Å². The number of hydrogen-bond acceptors (Lipinski definition) is 3. The first-order valence-electron chi connectivity index (χ1n) is 6.86. The number of sulfonamides is 1. The monoisotopic (exact) mass is 360 g/mol. The molecule has 1 aromatic rings. The molecule has 2 rings (SSSR count). The molecule has 1 saturated heterocycles. The van der Waals surface area contributed by atoms with Crippen LogP contribution in [0.2, 0.25) is 0 Å². The lowest BCUT2D eigenvalue weighted by Crippen LogP contribution is -2.35. The molecule has 0 radical (unpaired) electrons. The van der Waals surface area contributed by atoms with E-state index in [1.165, 1.54) is 17.1 Å². The van der Waals surface area contributed by atoms with Crippen molar-refractivity contribution in [1.82, 2.24) is 9.21 Å². The first kappa shape index (κ1) is 15.9. The summed E-state index contributed by atoms with van der Waals surface area (Å²) in [6.45, 7) is 5.42. The molecule has 6 heteroatoms. The third-order valence-corrected chi connectivity index (χ3v) is 6.51. The van der Waals surface area contributed by atoms with Crippen molar-refractivity contribution in [3.8, 4) is 0 Å². The Morgan fingerprint density at radius 2 is 1.95 bits per heavy atom. The summed E-state index contributed by atoms with van der Waals surface area (Å²) in [5, 5.41) is 0. The smallest absolute Gasteiger partial charge is 0.242 e. The fourth-order valence-corrected chi connectivity index (χ4v) is 3.86. The number of hydrogen-bond donors (Lipinski definition) is 0. The molecule has 0 saturated carbocycles. The third kappa shape index (κ3) is 3.61. The Morgan fingerprint density at radius 1 is 1.30 bits per heavy atom. The van der Waals surface area contributed by atoms with Crippen LogP contribution >= 0.6 is 15.9 Å². The summed E-state index contributed by atoms with van der Waals surface area (Å²) in [4.78, 5) is 2.68. The van der Waals surface area contributed by atoms with E-state index in [1.54, 1.807) is 25.2 Å². The van der Waals surface area contributed by atoms with E-state index in [9.17, 15) is 8.42 Å². The van der Waals surface area contributed by atoms with Gasteiger partial charge in [0, 0.05) is 24.6 Å². The Balaban J connectivity index is 2.06. The minimum absolute atomic E-state index is 0.363. The lowest BCUT2D eigenvalue weighted by atomic mass is 10.2. The maximum absolute atomic E-state index is 12.5. The molecule has 0 aromatic heterocycles. The predicted molar refractivity (Wildman–Crippen MR) is 84.4 cm³/mol. The standard InChI is InChI=1S/C14H21BrN2O2S/c1-12-11-13(5-6-14(12)15)20(18,19)16(2)9-10-17-7-3-4-8-17/h5-6,11H,3-4,7-10H2,1-2H3. The summed E-state index contributed by atoms with van der Waals surface area (Å²) in [7, 11) is -1.73. The second-order valence-electron chi connectivity index (χ2n) is 5.29. The normalized spacial score (nSPS) is 17.0. The van der Waals surface area contributed by atoms with Crippen LogP contribution in [0.5, 0.6) is 0 Å². The number of likely N-dealkylation sites (tertiary alicyclic amines) is 1. The van der Waals surface area contributed by atoms with Gasteiger partial charge in [-0.25, -0.2) is 8.42 Å². The van der Waals surface area contributed by atoms with E-state index in [0.717, 1.165) is 29.7 Å². The number of aryl methyl sites for hydroxylation is 1. The molecule has 0 spiro atoms.